The molecular formula is C35H25Cl2N5O. The number of hydrogen-bond acceptors (Lipinski definition) is 5. The van der Waals surface area contributed by atoms with Crippen LogP contribution in [0, 0.1) is 6.92 Å². The van der Waals surface area contributed by atoms with E-state index in [1.54, 1.807) is 12.1 Å². The molecule has 0 bridgehead atoms. The third kappa shape index (κ3) is 4.25. The highest BCUT2D eigenvalue weighted by atomic mass is 35.5. The van der Waals surface area contributed by atoms with Gasteiger partial charge >= 0.3 is 0 Å². The number of guanidine groups is 1. The number of anilines is 2. The normalized spacial score (nSPS) is 15.2. The first kappa shape index (κ1) is 25.9. The minimum Gasteiger partial charge on any atom is -0.458 e. The van der Waals surface area contributed by atoms with Crippen molar-refractivity contribution in [1.82, 2.24) is 9.78 Å². The van der Waals surface area contributed by atoms with Crippen molar-refractivity contribution < 1.29 is 4.42 Å². The first-order valence-corrected chi connectivity index (χ1v) is 14.8. The van der Waals surface area contributed by atoms with Gasteiger partial charge in [0.2, 0.25) is 5.96 Å². The van der Waals surface area contributed by atoms with E-state index in [2.05, 4.69) is 58.3 Å². The maximum atomic E-state index is 6.65. The van der Waals surface area contributed by atoms with Crippen LogP contribution in [-0.2, 0) is 6.54 Å². The molecule has 0 radical (unpaired) electrons. The second kappa shape index (κ2) is 10.2. The van der Waals surface area contributed by atoms with Crippen molar-refractivity contribution in [3.63, 3.8) is 0 Å². The number of aliphatic imine (C=N–C) groups is 1. The molecule has 0 aliphatic carbocycles. The van der Waals surface area contributed by atoms with Crippen molar-refractivity contribution in [1.29, 1.82) is 0 Å². The summed E-state index contributed by atoms with van der Waals surface area (Å²) in [4.78, 5) is 9.90. The smallest absolute Gasteiger partial charge is 0.213 e. The Kier molecular flexibility index (Phi) is 6.14. The standard InChI is InChI=1S/C35H25Cl2N5O/c1-22-32-33(31-19-18-30(43-31)26-20-24(36)16-17-27(26)37)41-29-15-9-8-14-28(29)40(21-23-10-4-2-5-11-23)35(41)38-34(32)42(39-22)25-12-6-3-7-13-25/h2-20,33H,21H2,1H3. The molecule has 8 rings (SSSR count). The quantitative estimate of drug-likeness (QED) is 0.197. The molecule has 1 unspecified atom stereocenters. The maximum absolute atomic E-state index is 6.65. The molecule has 4 heterocycles. The Labute approximate surface area is 259 Å². The van der Waals surface area contributed by atoms with E-state index in [1.807, 2.05) is 66.2 Å². The minimum absolute atomic E-state index is 0.325. The van der Waals surface area contributed by atoms with Crippen LogP contribution >= 0.6 is 23.2 Å². The molecule has 8 heteroatoms. The van der Waals surface area contributed by atoms with Crippen LogP contribution in [0.4, 0.5) is 17.2 Å². The number of furan rings is 1. The van der Waals surface area contributed by atoms with Crippen molar-refractivity contribution in [3.05, 3.63) is 148 Å². The number of aromatic nitrogens is 2. The van der Waals surface area contributed by atoms with Crippen molar-refractivity contribution in [2.45, 2.75) is 19.5 Å². The lowest BCUT2D eigenvalue weighted by molar-refractivity contribution is 0.499. The van der Waals surface area contributed by atoms with E-state index in [0.29, 0.717) is 22.4 Å². The number of hydrogen-bond donors (Lipinski definition) is 0. The number of rotatable bonds is 5. The maximum Gasteiger partial charge on any atom is 0.213 e. The Balaban J connectivity index is 1.35. The average molecular weight is 603 g/mol. The zero-order chi connectivity index (χ0) is 29.1. The molecule has 6 nitrogen and oxygen atoms in total. The fraction of sp³-hybridized carbons (Fsp3) is 0.0857. The van der Waals surface area contributed by atoms with Gasteiger partial charge in [-0.25, -0.2) is 4.68 Å². The summed E-state index contributed by atoms with van der Waals surface area (Å²) in [6, 6.07) is 38.1. The van der Waals surface area contributed by atoms with E-state index in [1.165, 1.54) is 5.56 Å². The predicted molar refractivity (Wildman–Crippen MR) is 173 cm³/mol. The molecule has 0 saturated heterocycles. The largest absolute Gasteiger partial charge is 0.458 e. The molecule has 2 aliphatic heterocycles. The average Bonchev–Trinajstić information content (AvgIpc) is 3.74. The Morgan fingerprint density at radius 2 is 1.51 bits per heavy atom. The fourth-order valence-corrected chi connectivity index (χ4v) is 6.44. The summed E-state index contributed by atoms with van der Waals surface area (Å²) in [5, 5.41) is 6.17. The van der Waals surface area contributed by atoms with Gasteiger partial charge in [-0.05, 0) is 67.1 Å². The van der Waals surface area contributed by atoms with Gasteiger partial charge in [0.15, 0.2) is 5.82 Å². The van der Waals surface area contributed by atoms with Gasteiger partial charge in [-0.1, -0.05) is 83.9 Å². The third-order valence-corrected chi connectivity index (χ3v) is 8.55. The van der Waals surface area contributed by atoms with Gasteiger partial charge in [-0.2, -0.15) is 10.1 Å². The van der Waals surface area contributed by atoms with E-state index in [0.717, 1.165) is 51.4 Å². The van der Waals surface area contributed by atoms with Crippen LogP contribution in [0.2, 0.25) is 10.0 Å². The van der Waals surface area contributed by atoms with E-state index >= 15 is 0 Å². The summed E-state index contributed by atoms with van der Waals surface area (Å²) in [6.45, 7) is 2.70. The lowest BCUT2D eigenvalue weighted by Gasteiger charge is -2.33. The van der Waals surface area contributed by atoms with Crippen molar-refractivity contribution in [3.8, 4) is 17.0 Å². The van der Waals surface area contributed by atoms with Crippen molar-refractivity contribution >= 4 is 46.4 Å². The lowest BCUT2D eigenvalue weighted by atomic mass is 10.0. The molecule has 43 heavy (non-hydrogen) atoms. The fourth-order valence-electron chi connectivity index (χ4n) is 6.06. The van der Waals surface area contributed by atoms with E-state index in [9.17, 15) is 0 Å². The number of fused-ring (bicyclic) bond motifs is 4. The Hall–Kier alpha value is -4.78. The number of benzene rings is 4. The number of halogens is 2. The zero-order valence-corrected chi connectivity index (χ0v) is 24.7. The highest BCUT2D eigenvalue weighted by molar-refractivity contribution is 6.35. The number of nitrogens with zero attached hydrogens (tertiary/aromatic N) is 5. The second-order valence-electron chi connectivity index (χ2n) is 10.6. The molecule has 0 saturated carbocycles. The molecule has 2 aliphatic rings. The Morgan fingerprint density at radius 1 is 0.791 bits per heavy atom. The summed E-state index contributed by atoms with van der Waals surface area (Å²) < 4.78 is 8.59. The van der Waals surface area contributed by atoms with E-state index in [-0.39, 0.29) is 6.04 Å². The lowest BCUT2D eigenvalue weighted by Crippen LogP contribution is -2.42. The summed E-state index contributed by atoms with van der Waals surface area (Å²) in [5.41, 5.74) is 6.88. The SMILES string of the molecule is Cc1nn(-c2ccccc2)c2c1C(c1ccc(-c3cc(Cl)ccc3Cl)o1)N1C(=N2)N(Cc2ccccc2)c2ccccc21. The van der Waals surface area contributed by atoms with E-state index < -0.39 is 0 Å². The van der Waals surface area contributed by atoms with Crippen LogP contribution in [-0.4, -0.2) is 15.7 Å². The second-order valence-corrected chi connectivity index (χ2v) is 11.5. The van der Waals surface area contributed by atoms with Gasteiger partial charge in [-0.15, -0.1) is 0 Å². The molecule has 0 amide bonds. The van der Waals surface area contributed by atoms with Gasteiger partial charge in [0.25, 0.3) is 0 Å². The third-order valence-electron chi connectivity index (χ3n) is 7.98. The molecule has 0 N–H and O–H groups in total. The molecule has 1 atom stereocenters. The molecule has 0 fully saturated rings. The predicted octanol–water partition coefficient (Wildman–Crippen LogP) is 9.36. The van der Waals surface area contributed by atoms with E-state index in [4.69, 9.17) is 37.7 Å². The van der Waals surface area contributed by atoms with Crippen LogP contribution in [0.25, 0.3) is 17.0 Å². The van der Waals surface area contributed by atoms with Crippen LogP contribution in [0.5, 0.6) is 0 Å². The molecule has 4 aromatic carbocycles. The van der Waals surface area contributed by atoms with Crippen molar-refractivity contribution in [2.24, 2.45) is 4.99 Å². The van der Waals surface area contributed by atoms with Gasteiger partial charge in [0, 0.05) is 10.6 Å². The number of para-hydroxylation sites is 3. The molecule has 0 spiro atoms. The highest BCUT2D eigenvalue weighted by Gasteiger charge is 2.45. The summed E-state index contributed by atoms with van der Waals surface area (Å²) in [6.07, 6.45) is 0. The topological polar surface area (TPSA) is 49.8 Å². The zero-order valence-electron chi connectivity index (χ0n) is 23.2. The monoisotopic (exact) mass is 601 g/mol. The highest BCUT2D eigenvalue weighted by Crippen LogP contribution is 2.51. The van der Waals surface area contributed by atoms with Crippen molar-refractivity contribution in [2.75, 3.05) is 9.80 Å². The van der Waals surface area contributed by atoms with Gasteiger partial charge in [0.1, 0.15) is 17.6 Å². The molecule has 6 aromatic rings. The Bertz CT molecular complexity index is 2020. The minimum atomic E-state index is -0.325. The van der Waals surface area contributed by atoms with Crippen LogP contribution < -0.4 is 9.80 Å². The number of aryl methyl sites for hydroxylation is 1. The van der Waals surface area contributed by atoms with Gasteiger partial charge in [-0.3, -0.25) is 4.90 Å². The van der Waals surface area contributed by atoms with Crippen LogP contribution in [0.15, 0.2) is 125 Å². The Morgan fingerprint density at radius 3 is 2.30 bits per heavy atom. The molecule has 210 valence electrons. The summed E-state index contributed by atoms with van der Waals surface area (Å²) >= 11 is 12.9. The van der Waals surface area contributed by atoms with Crippen LogP contribution in [0.3, 0.4) is 0 Å². The summed E-state index contributed by atoms with van der Waals surface area (Å²) in [5.74, 6) is 3.00. The first-order chi connectivity index (χ1) is 21.1. The molecule has 2 aromatic heterocycles. The van der Waals surface area contributed by atoms with Crippen LogP contribution in [0.1, 0.15) is 28.6 Å². The summed E-state index contributed by atoms with van der Waals surface area (Å²) in [7, 11) is 0. The molecular weight excluding hydrogens is 577 g/mol. The first-order valence-electron chi connectivity index (χ1n) is 14.1. The van der Waals surface area contributed by atoms with Gasteiger partial charge < -0.3 is 9.32 Å². The van der Waals surface area contributed by atoms with Gasteiger partial charge in [0.05, 0.1) is 39.9 Å².